The second kappa shape index (κ2) is 4.06. The zero-order valence-corrected chi connectivity index (χ0v) is 10.5. The first-order chi connectivity index (χ1) is 7.09. The molecule has 3 nitrogen and oxygen atoms in total. The standard InChI is InChI=1S/C10H10BrNO2S/c1-12-7-4-6(11)2-3-9(7)15-5-8(12)10(13)14/h2-4,8H,5H2,1H3,(H,13,14). The minimum absolute atomic E-state index is 0.434. The van der Waals surface area contributed by atoms with E-state index < -0.39 is 12.0 Å². The Morgan fingerprint density at radius 2 is 2.40 bits per heavy atom. The highest BCUT2D eigenvalue weighted by Crippen LogP contribution is 2.38. The molecule has 1 aliphatic rings. The van der Waals surface area contributed by atoms with Crippen molar-refractivity contribution in [3.05, 3.63) is 22.7 Å². The molecule has 0 radical (unpaired) electrons. The van der Waals surface area contributed by atoms with Gasteiger partial charge in [0.05, 0.1) is 5.69 Å². The predicted octanol–water partition coefficient (Wildman–Crippen LogP) is 2.44. The van der Waals surface area contributed by atoms with E-state index in [-0.39, 0.29) is 0 Å². The highest BCUT2D eigenvalue weighted by Gasteiger charge is 2.29. The maximum Gasteiger partial charge on any atom is 0.327 e. The largest absolute Gasteiger partial charge is 0.480 e. The molecule has 0 bridgehead atoms. The molecule has 0 saturated heterocycles. The SMILES string of the molecule is CN1c2cc(Br)ccc2SCC1C(=O)O. The minimum atomic E-state index is -0.768. The molecule has 0 fully saturated rings. The molecule has 1 aromatic rings. The number of halogens is 1. The Kier molecular flexibility index (Phi) is 2.93. The number of carboxylic acids is 1. The number of benzene rings is 1. The number of carboxylic acid groups (broad SMARTS) is 1. The molecule has 1 N–H and O–H groups in total. The van der Waals surface area contributed by atoms with E-state index >= 15 is 0 Å². The van der Waals surface area contributed by atoms with Gasteiger partial charge in [-0.1, -0.05) is 15.9 Å². The summed E-state index contributed by atoms with van der Waals surface area (Å²) in [6, 6.07) is 5.51. The Labute approximate surface area is 101 Å². The zero-order valence-electron chi connectivity index (χ0n) is 8.11. The van der Waals surface area contributed by atoms with Crippen LogP contribution in [0.25, 0.3) is 0 Å². The molecule has 1 aromatic carbocycles. The summed E-state index contributed by atoms with van der Waals surface area (Å²) < 4.78 is 0.972. The van der Waals surface area contributed by atoms with Gasteiger partial charge in [-0.25, -0.2) is 4.79 Å². The number of aliphatic carboxylic acids is 1. The summed E-state index contributed by atoms with van der Waals surface area (Å²) in [7, 11) is 1.82. The molecule has 1 unspecified atom stereocenters. The molecular formula is C10H10BrNO2S. The van der Waals surface area contributed by atoms with Gasteiger partial charge in [0.15, 0.2) is 0 Å². The van der Waals surface area contributed by atoms with E-state index in [0.29, 0.717) is 5.75 Å². The molecule has 2 rings (SSSR count). The summed E-state index contributed by atoms with van der Waals surface area (Å²) in [5.74, 6) is -0.170. The van der Waals surface area contributed by atoms with Crippen LogP contribution in [0.5, 0.6) is 0 Å². The molecule has 80 valence electrons. The van der Waals surface area contributed by atoms with Crippen molar-refractivity contribution in [2.24, 2.45) is 0 Å². The van der Waals surface area contributed by atoms with Crippen LogP contribution in [0.2, 0.25) is 0 Å². The number of likely N-dealkylation sites (N-methyl/N-ethyl adjacent to an activating group) is 1. The lowest BCUT2D eigenvalue weighted by molar-refractivity contribution is -0.138. The second-order valence-corrected chi connectivity index (χ2v) is 5.37. The Bertz CT molecular complexity index is 410. The van der Waals surface area contributed by atoms with E-state index in [1.165, 1.54) is 0 Å². The Morgan fingerprint density at radius 1 is 1.67 bits per heavy atom. The van der Waals surface area contributed by atoms with Gasteiger partial charge in [0.1, 0.15) is 6.04 Å². The van der Waals surface area contributed by atoms with Crippen molar-refractivity contribution in [3.63, 3.8) is 0 Å². The summed E-state index contributed by atoms with van der Waals surface area (Å²) in [5, 5.41) is 9.04. The highest BCUT2D eigenvalue weighted by atomic mass is 79.9. The van der Waals surface area contributed by atoms with Crippen LogP contribution in [-0.4, -0.2) is 29.9 Å². The maximum atomic E-state index is 11.0. The molecular weight excluding hydrogens is 278 g/mol. The topological polar surface area (TPSA) is 40.5 Å². The van der Waals surface area contributed by atoms with Crippen LogP contribution in [0.3, 0.4) is 0 Å². The first-order valence-corrected chi connectivity index (χ1v) is 6.25. The van der Waals surface area contributed by atoms with Gasteiger partial charge in [-0.15, -0.1) is 11.8 Å². The van der Waals surface area contributed by atoms with E-state index in [9.17, 15) is 4.79 Å². The molecule has 0 aromatic heterocycles. The average Bonchev–Trinajstić information content (AvgIpc) is 2.19. The fourth-order valence-electron chi connectivity index (χ4n) is 1.57. The van der Waals surface area contributed by atoms with Crippen molar-refractivity contribution in [3.8, 4) is 0 Å². The smallest absolute Gasteiger partial charge is 0.327 e. The summed E-state index contributed by atoms with van der Waals surface area (Å²) in [5.41, 5.74) is 0.980. The fraction of sp³-hybridized carbons (Fsp3) is 0.300. The van der Waals surface area contributed by atoms with Crippen molar-refractivity contribution >= 4 is 39.3 Å². The van der Waals surface area contributed by atoms with Crippen LogP contribution >= 0.6 is 27.7 Å². The maximum absolute atomic E-state index is 11.0. The lowest BCUT2D eigenvalue weighted by Gasteiger charge is -2.32. The van der Waals surface area contributed by atoms with Gasteiger partial charge in [0, 0.05) is 22.2 Å². The Balaban J connectivity index is 2.40. The monoisotopic (exact) mass is 287 g/mol. The molecule has 1 heterocycles. The van der Waals surface area contributed by atoms with Gasteiger partial charge in [0.25, 0.3) is 0 Å². The van der Waals surface area contributed by atoms with Crippen LogP contribution in [0.15, 0.2) is 27.6 Å². The predicted molar refractivity (Wildman–Crippen MR) is 64.7 cm³/mol. The molecule has 0 aliphatic carbocycles. The van der Waals surface area contributed by atoms with Gasteiger partial charge in [-0.2, -0.15) is 0 Å². The highest BCUT2D eigenvalue weighted by molar-refractivity contribution is 9.10. The summed E-state index contributed by atoms with van der Waals surface area (Å²) in [6.07, 6.45) is 0. The Hall–Kier alpha value is -0.680. The molecule has 0 saturated carbocycles. The molecule has 0 amide bonds. The molecule has 1 atom stereocenters. The van der Waals surface area contributed by atoms with Crippen molar-refractivity contribution in [1.29, 1.82) is 0 Å². The number of carbonyl (C=O) groups is 1. The number of hydrogen-bond donors (Lipinski definition) is 1. The fourth-order valence-corrected chi connectivity index (χ4v) is 3.14. The number of fused-ring (bicyclic) bond motifs is 1. The van der Waals surface area contributed by atoms with Crippen LogP contribution in [0.1, 0.15) is 0 Å². The first kappa shape index (κ1) is 10.8. The molecule has 0 spiro atoms. The quantitative estimate of drug-likeness (QED) is 0.861. The molecule has 15 heavy (non-hydrogen) atoms. The number of thioether (sulfide) groups is 1. The third-order valence-electron chi connectivity index (χ3n) is 2.45. The van der Waals surface area contributed by atoms with Crippen LogP contribution in [0, 0.1) is 0 Å². The first-order valence-electron chi connectivity index (χ1n) is 4.47. The van der Waals surface area contributed by atoms with Crippen molar-refractivity contribution in [2.75, 3.05) is 17.7 Å². The normalized spacial score (nSPS) is 19.9. The van der Waals surface area contributed by atoms with E-state index in [4.69, 9.17) is 5.11 Å². The molecule has 5 heteroatoms. The van der Waals surface area contributed by atoms with E-state index in [1.54, 1.807) is 11.8 Å². The van der Waals surface area contributed by atoms with Gasteiger partial charge >= 0.3 is 5.97 Å². The summed E-state index contributed by atoms with van der Waals surface area (Å²) in [4.78, 5) is 13.9. The zero-order chi connectivity index (χ0) is 11.0. The van der Waals surface area contributed by atoms with Crippen LogP contribution in [-0.2, 0) is 4.79 Å². The number of rotatable bonds is 1. The van der Waals surface area contributed by atoms with Gasteiger partial charge in [-0.05, 0) is 18.2 Å². The third-order valence-corrected chi connectivity index (χ3v) is 4.08. The number of nitrogens with zero attached hydrogens (tertiary/aromatic N) is 1. The van der Waals surface area contributed by atoms with Crippen LogP contribution < -0.4 is 4.90 Å². The van der Waals surface area contributed by atoms with E-state index in [1.807, 2.05) is 30.1 Å². The number of anilines is 1. The van der Waals surface area contributed by atoms with Crippen molar-refractivity contribution < 1.29 is 9.90 Å². The van der Waals surface area contributed by atoms with Crippen LogP contribution in [0.4, 0.5) is 5.69 Å². The Morgan fingerprint density at radius 3 is 3.07 bits per heavy atom. The lowest BCUT2D eigenvalue weighted by atomic mass is 10.2. The minimum Gasteiger partial charge on any atom is -0.480 e. The average molecular weight is 288 g/mol. The van der Waals surface area contributed by atoms with Gasteiger partial charge in [0.2, 0.25) is 0 Å². The second-order valence-electron chi connectivity index (χ2n) is 3.39. The van der Waals surface area contributed by atoms with Gasteiger partial charge < -0.3 is 10.0 Å². The molecule has 1 aliphatic heterocycles. The van der Waals surface area contributed by atoms with E-state index in [0.717, 1.165) is 15.1 Å². The lowest BCUT2D eigenvalue weighted by Crippen LogP contribution is -2.42. The summed E-state index contributed by atoms with van der Waals surface area (Å²) in [6.45, 7) is 0. The van der Waals surface area contributed by atoms with E-state index in [2.05, 4.69) is 15.9 Å². The van der Waals surface area contributed by atoms with Crippen molar-refractivity contribution in [2.45, 2.75) is 10.9 Å². The third kappa shape index (κ3) is 1.99. The number of hydrogen-bond acceptors (Lipinski definition) is 3. The van der Waals surface area contributed by atoms with Gasteiger partial charge in [-0.3, -0.25) is 0 Å². The van der Waals surface area contributed by atoms with Crippen molar-refractivity contribution in [1.82, 2.24) is 0 Å². The summed E-state index contributed by atoms with van der Waals surface area (Å²) >= 11 is 4.99.